The molecule has 1 amide bonds. The van der Waals surface area contributed by atoms with Crippen molar-refractivity contribution in [3.63, 3.8) is 0 Å². The highest BCUT2D eigenvalue weighted by Gasteiger charge is 2.27. The van der Waals surface area contributed by atoms with Gasteiger partial charge in [-0.15, -0.1) is 0 Å². The summed E-state index contributed by atoms with van der Waals surface area (Å²) in [4.78, 5) is 22.3. The predicted octanol–water partition coefficient (Wildman–Crippen LogP) is 2.13. The first kappa shape index (κ1) is 19.1. The van der Waals surface area contributed by atoms with E-state index in [0.717, 1.165) is 42.3 Å². The van der Waals surface area contributed by atoms with E-state index >= 15 is 0 Å². The summed E-state index contributed by atoms with van der Waals surface area (Å²) in [5, 5.41) is 3.69. The van der Waals surface area contributed by atoms with Crippen LogP contribution in [0.3, 0.4) is 0 Å². The average Bonchev–Trinajstić information content (AvgIpc) is 3.11. The fraction of sp³-hybridized carbons (Fsp3) is 0.450. The number of nitrogens with zero attached hydrogens (tertiary/aromatic N) is 3. The number of amides is 1. The highest BCUT2D eigenvalue weighted by atomic mass is 16.5. The summed E-state index contributed by atoms with van der Waals surface area (Å²) >= 11 is 0. The van der Waals surface area contributed by atoms with E-state index in [1.807, 2.05) is 26.0 Å². The zero-order valence-electron chi connectivity index (χ0n) is 16.3. The van der Waals surface area contributed by atoms with E-state index in [1.165, 1.54) is 5.56 Å². The van der Waals surface area contributed by atoms with Gasteiger partial charge >= 0.3 is 0 Å². The van der Waals surface area contributed by atoms with E-state index in [1.54, 1.807) is 7.11 Å². The Bertz CT molecular complexity index is 822. The van der Waals surface area contributed by atoms with E-state index in [9.17, 15) is 4.79 Å². The van der Waals surface area contributed by atoms with Gasteiger partial charge in [-0.25, -0.2) is 9.97 Å². The third-order valence-corrected chi connectivity index (χ3v) is 5.17. The van der Waals surface area contributed by atoms with E-state index in [2.05, 4.69) is 39.2 Å². The number of carbonyl (C=O) groups excluding carboxylic acids is 1. The number of rotatable bonds is 6. The van der Waals surface area contributed by atoms with E-state index in [0.29, 0.717) is 6.04 Å². The van der Waals surface area contributed by atoms with Crippen molar-refractivity contribution in [2.24, 2.45) is 5.73 Å². The van der Waals surface area contributed by atoms with Crippen molar-refractivity contribution in [1.29, 1.82) is 0 Å². The third-order valence-electron chi connectivity index (χ3n) is 5.17. The molecule has 0 spiro atoms. The molecule has 2 atom stereocenters. The molecular weight excluding hydrogens is 342 g/mol. The molecule has 1 fully saturated rings. The minimum absolute atomic E-state index is 0.0797. The highest BCUT2D eigenvalue weighted by Crippen LogP contribution is 2.25. The molecule has 0 radical (unpaired) electrons. The summed E-state index contributed by atoms with van der Waals surface area (Å²) in [6.45, 7) is 7.73. The third kappa shape index (κ3) is 4.19. The largest absolute Gasteiger partial charge is 0.497 e. The first-order chi connectivity index (χ1) is 12.9. The lowest BCUT2D eigenvalue weighted by atomic mass is 10.1. The van der Waals surface area contributed by atoms with Gasteiger partial charge in [0.1, 0.15) is 11.6 Å². The van der Waals surface area contributed by atoms with Gasteiger partial charge in [-0.2, -0.15) is 0 Å². The number of primary amides is 1. The Labute approximate surface area is 159 Å². The summed E-state index contributed by atoms with van der Waals surface area (Å²) in [5.74, 6) is 1.15. The molecule has 1 unspecified atom stereocenters. The van der Waals surface area contributed by atoms with Crippen molar-refractivity contribution in [2.75, 3.05) is 25.1 Å². The summed E-state index contributed by atoms with van der Waals surface area (Å²) in [6.07, 6.45) is 1.01. The van der Waals surface area contributed by atoms with Gasteiger partial charge < -0.3 is 20.7 Å². The molecule has 144 valence electrons. The Balaban J connectivity index is 1.69. The van der Waals surface area contributed by atoms with Crippen molar-refractivity contribution in [1.82, 2.24) is 15.3 Å². The molecule has 1 aromatic heterocycles. The minimum atomic E-state index is -0.596. The molecule has 2 aromatic rings. The predicted molar refractivity (Wildman–Crippen MR) is 105 cm³/mol. The van der Waals surface area contributed by atoms with Crippen LogP contribution in [0.25, 0.3) is 0 Å². The number of aromatic nitrogens is 2. The molecule has 2 heterocycles. The molecule has 1 aliphatic heterocycles. The van der Waals surface area contributed by atoms with Gasteiger partial charge in [0.15, 0.2) is 0 Å². The van der Waals surface area contributed by atoms with Gasteiger partial charge in [0.25, 0.3) is 5.91 Å². The van der Waals surface area contributed by atoms with Gasteiger partial charge in [-0.05, 0) is 44.9 Å². The maximum absolute atomic E-state index is 11.5. The lowest BCUT2D eigenvalue weighted by Crippen LogP contribution is -2.35. The van der Waals surface area contributed by atoms with Gasteiger partial charge in [0.05, 0.1) is 7.11 Å². The summed E-state index contributed by atoms with van der Waals surface area (Å²) in [6, 6.07) is 8.70. The van der Waals surface area contributed by atoms with Crippen LogP contribution in [0.1, 0.15) is 46.8 Å². The normalized spacial score (nSPS) is 17.8. The Morgan fingerprint density at radius 3 is 2.63 bits per heavy atom. The Morgan fingerprint density at radius 2 is 2.00 bits per heavy atom. The number of anilines is 1. The van der Waals surface area contributed by atoms with Crippen LogP contribution in [0, 0.1) is 13.8 Å². The first-order valence-electron chi connectivity index (χ1n) is 9.19. The molecule has 3 rings (SSSR count). The van der Waals surface area contributed by atoms with Crippen LogP contribution in [-0.2, 0) is 0 Å². The number of hydrogen-bond acceptors (Lipinski definition) is 6. The number of benzene rings is 1. The van der Waals surface area contributed by atoms with Crippen LogP contribution in [0.15, 0.2) is 24.3 Å². The number of hydrogen-bond donors (Lipinski definition) is 2. The second kappa shape index (κ2) is 7.92. The smallest absolute Gasteiger partial charge is 0.286 e. The first-order valence-corrected chi connectivity index (χ1v) is 9.19. The molecule has 1 aromatic carbocycles. The number of carbonyl (C=O) groups is 1. The molecule has 27 heavy (non-hydrogen) atoms. The fourth-order valence-electron chi connectivity index (χ4n) is 3.46. The van der Waals surface area contributed by atoms with Crippen molar-refractivity contribution >= 4 is 11.7 Å². The van der Waals surface area contributed by atoms with Crippen LogP contribution in [-0.4, -0.2) is 42.1 Å². The number of methoxy groups -OCH3 is 1. The standard InChI is InChI=1S/C20H27N5O2/c1-12-13(2)23-19(18(21)26)24-20(12)25-10-9-16(11-25)22-14(3)15-5-7-17(27-4)8-6-15/h5-8,14,16,22H,9-11H2,1-4H3,(H2,21,26)/t14?,16-/m1/s1. The van der Waals surface area contributed by atoms with Crippen molar-refractivity contribution in [2.45, 2.75) is 39.3 Å². The van der Waals surface area contributed by atoms with E-state index in [-0.39, 0.29) is 11.9 Å². The molecular formula is C20H27N5O2. The van der Waals surface area contributed by atoms with Crippen LogP contribution in [0.5, 0.6) is 5.75 Å². The molecule has 3 N–H and O–H groups in total. The van der Waals surface area contributed by atoms with E-state index < -0.39 is 5.91 Å². The molecule has 7 heteroatoms. The molecule has 0 saturated carbocycles. The van der Waals surface area contributed by atoms with Gasteiger partial charge in [0.2, 0.25) is 5.82 Å². The lowest BCUT2D eigenvalue weighted by Gasteiger charge is -2.23. The summed E-state index contributed by atoms with van der Waals surface area (Å²) in [7, 11) is 1.67. The van der Waals surface area contributed by atoms with Crippen LogP contribution >= 0.6 is 0 Å². The molecule has 1 aliphatic rings. The van der Waals surface area contributed by atoms with Crippen LogP contribution in [0.2, 0.25) is 0 Å². The minimum Gasteiger partial charge on any atom is -0.497 e. The number of nitrogens with one attached hydrogen (secondary N) is 1. The van der Waals surface area contributed by atoms with E-state index in [4.69, 9.17) is 10.5 Å². The van der Waals surface area contributed by atoms with Gasteiger partial charge in [-0.3, -0.25) is 4.79 Å². The summed E-state index contributed by atoms with van der Waals surface area (Å²) < 4.78 is 5.22. The molecule has 0 aliphatic carbocycles. The van der Waals surface area contributed by atoms with Gasteiger partial charge in [0, 0.05) is 36.4 Å². The second-order valence-corrected chi connectivity index (χ2v) is 7.04. The van der Waals surface area contributed by atoms with Crippen molar-refractivity contribution in [3.05, 3.63) is 46.9 Å². The number of nitrogens with two attached hydrogens (primary N) is 1. The topological polar surface area (TPSA) is 93.4 Å². The number of aryl methyl sites for hydroxylation is 1. The molecule has 0 bridgehead atoms. The highest BCUT2D eigenvalue weighted by molar-refractivity contribution is 5.89. The molecule has 7 nitrogen and oxygen atoms in total. The fourth-order valence-corrected chi connectivity index (χ4v) is 3.46. The SMILES string of the molecule is COc1ccc(C(C)N[C@@H]2CCN(c3nc(C(N)=O)nc(C)c3C)C2)cc1. The van der Waals surface area contributed by atoms with Crippen molar-refractivity contribution in [3.8, 4) is 5.75 Å². The zero-order chi connectivity index (χ0) is 19.6. The monoisotopic (exact) mass is 369 g/mol. The zero-order valence-corrected chi connectivity index (χ0v) is 16.3. The summed E-state index contributed by atoms with van der Waals surface area (Å²) in [5.41, 5.74) is 8.37. The number of ether oxygens (including phenoxy) is 1. The van der Waals surface area contributed by atoms with Crippen LogP contribution < -0.4 is 20.7 Å². The quantitative estimate of drug-likeness (QED) is 0.810. The maximum Gasteiger partial charge on any atom is 0.286 e. The Kier molecular flexibility index (Phi) is 5.60. The second-order valence-electron chi connectivity index (χ2n) is 7.04. The van der Waals surface area contributed by atoms with Crippen LogP contribution in [0.4, 0.5) is 5.82 Å². The Hall–Kier alpha value is -2.67. The lowest BCUT2D eigenvalue weighted by molar-refractivity contribution is 0.0990. The van der Waals surface area contributed by atoms with Crippen molar-refractivity contribution < 1.29 is 9.53 Å². The average molecular weight is 369 g/mol. The Morgan fingerprint density at radius 1 is 1.30 bits per heavy atom. The maximum atomic E-state index is 11.5. The van der Waals surface area contributed by atoms with Gasteiger partial charge in [-0.1, -0.05) is 12.1 Å². The molecule has 1 saturated heterocycles.